The van der Waals surface area contributed by atoms with Crippen molar-refractivity contribution < 1.29 is 23.8 Å². The first-order valence-electron chi connectivity index (χ1n) is 5.03. The van der Waals surface area contributed by atoms with Gasteiger partial charge in [-0.05, 0) is 6.42 Å². The Bertz CT molecular complexity index is 370. The van der Waals surface area contributed by atoms with Gasteiger partial charge in [-0.3, -0.25) is 0 Å². The lowest BCUT2D eigenvalue weighted by molar-refractivity contribution is -0.231. The fraction of sp³-hybridized carbons (Fsp3) is 0.800. The Hall–Kier alpha value is -0.360. The highest BCUT2D eigenvalue weighted by atomic mass is 35.5. The number of esters is 1. The average molecular weight is 283 g/mol. The van der Waals surface area contributed by atoms with E-state index in [-0.39, 0.29) is 13.0 Å². The van der Waals surface area contributed by atoms with Crippen molar-refractivity contribution in [2.45, 2.75) is 22.0 Å². The molecule has 0 spiro atoms. The zero-order chi connectivity index (χ0) is 12.9. The molecule has 2 rings (SSSR count). The standard InChI is InChI=1S/C10H12Cl2O5/c1-15-10(16-2)8(11,5-13)3-6-4-17-7(14)9(6,10)12/h5-6H,3-4H2,1-2H3/t6-,8-,9+/m1/s1. The van der Waals surface area contributed by atoms with Gasteiger partial charge in [-0.15, -0.1) is 23.2 Å². The van der Waals surface area contributed by atoms with E-state index in [1.165, 1.54) is 14.2 Å². The highest BCUT2D eigenvalue weighted by Crippen LogP contribution is 2.60. The lowest BCUT2D eigenvalue weighted by Gasteiger charge is -2.41. The molecule has 0 aromatic heterocycles. The first-order valence-corrected chi connectivity index (χ1v) is 5.79. The molecule has 2 aliphatic rings. The highest BCUT2D eigenvalue weighted by molar-refractivity contribution is 6.40. The summed E-state index contributed by atoms with van der Waals surface area (Å²) in [7, 11) is 2.59. The van der Waals surface area contributed by atoms with Crippen LogP contribution in [0.3, 0.4) is 0 Å². The van der Waals surface area contributed by atoms with Gasteiger partial charge >= 0.3 is 5.97 Å². The monoisotopic (exact) mass is 282 g/mol. The number of cyclic esters (lactones) is 1. The number of hydrogen-bond donors (Lipinski definition) is 0. The molecular weight excluding hydrogens is 271 g/mol. The third-order valence-electron chi connectivity index (χ3n) is 3.61. The molecule has 0 amide bonds. The molecule has 1 saturated carbocycles. The van der Waals surface area contributed by atoms with Crippen molar-refractivity contribution >= 4 is 35.5 Å². The van der Waals surface area contributed by atoms with Crippen LogP contribution < -0.4 is 0 Å². The van der Waals surface area contributed by atoms with Crippen molar-refractivity contribution in [3.05, 3.63) is 0 Å². The SMILES string of the molecule is COC1(OC)[C@@]2(Cl)C(=O)OC[C@H]2C[C@@]1(Cl)C=O. The van der Waals surface area contributed by atoms with Gasteiger partial charge in [0.15, 0.2) is 4.87 Å². The largest absolute Gasteiger partial charge is 0.464 e. The van der Waals surface area contributed by atoms with E-state index in [0.29, 0.717) is 6.29 Å². The Morgan fingerprint density at radius 2 is 2.00 bits per heavy atom. The molecule has 17 heavy (non-hydrogen) atoms. The van der Waals surface area contributed by atoms with E-state index in [1.807, 2.05) is 0 Å². The average Bonchev–Trinajstić information content (AvgIpc) is 2.70. The van der Waals surface area contributed by atoms with Crippen LogP contribution in [-0.4, -0.2) is 48.6 Å². The Balaban J connectivity index is 2.61. The molecule has 1 heterocycles. The molecule has 96 valence electrons. The predicted octanol–water partition coefficient (Wildman–Crippen LogP) is 0.706. The number of carbonyl (C=O) groups excluding carboxylic acids is 2. The number of methoxy groups -OCH3 is 2. The Morgan fingerprint density at radius 3 is 2.47 bits per heavy atom. The Labute approximate surface area is 108 Å². The van der Waals surface area contributed by atoms with E-state index in [0.717, 1.165) is 0 Å². The van der Waals surface area contributed by atoms with Gasteiger partial charge in [0.25, 0.3) is 0 Å². The number of alkyl halides is 2. The van der Waals surface area contributed by atoms with Crippen molar-refractivity contribution in [3.63, 3.8) is 0 Å². The van der Waals surface area contributed by atoms with Crippen molar-refractivity contribution in [1.82, 2.24) is 0 Å². The summed E-state index contributed by atoms with van der Waals surface area (Å²) in [6.07, 6.45) is 0.673. The van der Waals surface area contributed by atoms with Gasteiger partial charge in [0, 0.05) is 20.1 Å². The zero-order valence-electron chi connectivity index (χ0n) is 9.37. The van der Waals surface area contributed by atoms with Gasteiger partial charge < -0.3 is 19.0 Å². The molecule has 0 radical (unpaired) electrons. The van der Waals surface area contributed by atoms with Crippen LogP contribution >= 0.6 is 23.2 Å². The van der Waals surface area contributed by atoms with E-state index in [9.17, 15) is 9.59 Å². The maximum absolute atomic E-state index is 11.8. The summed E-state index contributed by atoms with van der Waals surface area (Å²) in [6.45, 7) is 0.110. The van der Waals surface area contributed by atoms with Crippen LogP contribution in [0.5, 0.6) is 0 Å². The number of rotatable bonds is 3. The second-order valence-corrected chi connectivity index (χ2v) is 5.49. The lowest BCUT2D eigenvalue weighted by atomic mass is 9.92. The van der Waals surface area contributed by atoms with Crippen LogP contribution in [0.4, 0.5) is 0 Å². The number of aldehydes is 1. The summed E-state index contributed by atoms with van der Waals surface area (Å²) < 4.78 is 15.4. The minimum absolute atomic E-state index is 0.110. The molecule has 1 aliphatic heterocycles. The molecule has 2 fully saturated rings. The molecule has 5 nitrogen and oxygen atoms in total. The van der Waals surface area contributed by atoms with E-state index >= 15 is 0 Å². The van der Waals surface area contributed by atoms with Crippen LogP contribution in [-0.2, 0) is 23.8 Å². The lowest BCUT2D eigenvalue weighted by Crippen LogP contribution is -2.63. The number of hydrogen-bond acceptors (Lipinski definition) is 5. The van der Waals surface area contributed by atoms with E-state index < -0.39 is 27.4 Å². The predicted molar refractivity (Wildman–Crippen MR) is 59.0 cm³/mol. The maximum atomic E-state index is 11.8. The normalized spacial score (nSPS) is 43.3. The summed E-state index contributed by atoms with van der Waals surface area (Å²) in [6, 6.07) is 0. The van der Waals surface area contributed by atoms with Crippen molar-refractivity contribution in [2.24, 2.45) is 5.92 Å². The number of carbonyl (C=O) groups is 2. The van der Waals surface area contributed by atoms with Crippen LogP contribution in [0.25, 0.3) is 0 Å². The van der Waals surface area contributed by atoms with Crippen LogP contribution in [0, 0.1) is 5.92 Å². The number of halogens is 2. The van der Waals surface area contributed by atoms with Crippen molar-refractivity contribution in [1.29, 1.82) is 0 Å². The summed E-state index contributed by atoms with van der Waals surface area (Å²) in [5, 5.41) is 0. The fourth-order valence-corrected chi connectivity index (χ4v) is 3.86. The molecule has 1 saturated heterocycles. The van der Waals surface area contributed by atoms with Gasteiger partial charge in [0.2, 0.25) is 10.7 Å². The third kappa shape index (κ3) is 1.23. The van der Waals surface area contributed by atoms with E-state index in [1.54, 1.807) is 0 Å². The topological polar surface area (TPSA) is 61.8 Å². The van der Waals surface area contributed by atoms with Crippen LogP contribution in [0.1, 0.15) is 6.42 Å². The molecule has 0 aromatic carbocycles. The van der Waals surface area contributed by atoms with Gasteiger partial charge in [0.1, 0.15) is 6.29 Å². The Kier molecular flexibility index (Phi) is 2.94. The summed E-state index contributed by atoms with van der Waals surface area (Å²) in [5.74, 6) is -2.81. The molecule has 3 atom stereocenters. The van der Waals surface area contributed by atoms with Crippen molar-refractivity contribution in [3.8, 4) is 0 Å². The van der Waals surface area contributed by atoms with Gasteiger partial charge in [0.05, 0.1) is 6.61 Å². The smallest absolute Gasteiger partial charge is 0.333 e. The Morgan fingerprint density at radius 1 is 1.41 bits per heavy atom. The summed E-state index contributed by atoms with van der Waals surface area (Å²) >= 11 is 12.6. The molecule has 0 aromatic rings. The van der Waals surface area contributed by atoms with Gasteiger partial charge in [-0.2, -0.15) is 0 Å². The maximum Gasteiger partial charge on any atom is 0.333 e. The first-order chi connectivity index (χ1) is 7.91. The molecular formula is C10H12Cl2O5. The quantitative estimate of drug-likeness (QED) is 0.330. The second kappa shape index (κ2) is 3.82. The minimum atomic E-state index is -1.72. The zero-order valence-corrected chi connectivity index (χ0v) is 10.9. The first kappa shape index (κ1) is 13.1. The molecule has 0 unspecified atom stereocenters. The van der Waals surface area contributed by atoms with Gasteiger partial charge in [-0.25, -0.2) is 4.79 Å². The molecule has 1 aliphatic carbocycles. The van der Waals surface area contributed by atoms with E-state index in [4.69, 9.17) is 37.4 Å². The summed E-state index contributed by atoms with van der Waals surface area (Å²) in [5.41, 5.74) is 0. The minimum Gasteiger partial charge on any atom is -0.464 e. The molecule has 0 bridgehead atoms. The number of fused-ring (bicyclic) bond motifs is 1. The second-order valence-electron chi connectivity index (χ2n) is 4.22. The van der Waals surface area contributed by atoms with Crippen LogP contribution in [0.2, 0.25) is 0 Å². The van der Waals surface area contributed by atoms with E-state index in [2.05, 4.69) is 0 Å². The van der Waals surface area contributed by atoms with Gasteiger partial charge in [-0.1, -0.05) is 0 Å². The fourth-order valence-electron chi connectivity index (χ4n) is 2.81. The summed E-state index contributed by atoms with van der Waals surface area (Å²) in [4.78, 5) is 20.0. The van der Waals surface area contributed by atoms with Crippen molar-refractivity contribution in [2.75, 3.05) is 20.8 Å². The number of ether oxygens (including phenoxy) is 3. The third-order valence-corrected chi connectivity index (χ3v) is 4.81. The highest BCUT2D eigenvalue weighted by Gasteiger charge is 2.79. The molecule has 0 N–H and O–H groups in total. The molecule has 7 heteroatoms. The van der Waals surface area contributed by atoms with Crippen LogP contribution in [0.15, 0.2) is 0 Å².